The lowest BCUT2D eigenvalue weighted by Crippen LogP contribution is -2.30. The minimum Gasteiger partial charge on any atom is -0.342 e. The van der Waals surface area contributed by atoms with E-state index in [0.717, 1.165) is 39.8 Å². The molecular weight excluding hydrogens is 268 g/mol. The molecule has 3 rings (SSSR count). The first kappa shape index (κ1) is 13.0. The molecule has 0 bridgehead atoms. The van der Waals surface area contributed by atoms with Crippen LogP contribution in [0.25, 0.3) is 11.3 Å². The quantitative estimate of drug-likeness (QED) is 0.833. The number of H-pyrrole nitrogens is 1. The molecule has 0 fully saturated rings. The van der Waals surface area contributed by atoms with Crippen LogP contribution in [-0.4, -0.2) is 20.7 Å². The molecule has 1 aliphatic rings. The van der Waals surface area contributed by atoms with Crippen molar-refractivity contribution in [3.63, 3.8) is 0 Å². The molecular formula is C15H16N4S. The van der Waals surface area contributed by atoms with E-state index in [1.54, 1.807) is 0 Å². The highest BCUT2D eigenvalue weighted by atomic mass is 32.1. The summed E-state index contributed by atoms with van der Waals surface area (Å²) in [6, 6.07) is 8.36. The van der Waals surface area contributed by atoms with Gasteiger partial charge in [-0.05, 0) is 18.1 Å². The van der Waals surface area contributed by atoms with Gasteiger partial charge in [0.2, 0.25) is 0 Å². The SMILES string of the molecule is Cc1ncc(-c2ccc(C3=NNC(=S)CC3C)cc2)[nH]1. The minimum atomic E-state index is 0.351. The first-order valence-corrected chi connectivity index (χ1v) is 7.03. The molecule has 1 unspecified atom stereocenters. The predicted molar refractivity (Wildman–Crippen MR) is 84.8 cm³/mol. The molecule has 1 atom stereocenters. The lowest BCUT2D eigenvalue weighted by molar-refractivity contribution is 0.755. The van der Waals surface area contributed by atoms with Crippen LogP contribution in [0.5, 0.6) is 0 Å². The third-order valence-corrected chi connectivity index (χ3v) is 3.71. The van der Waals surface area contributed by atoms with Crippen LogP contribution in [0.15, 0.2) is 35.6 Å². The molecule has 1 aromatic heterocycles. The molecule has 102 valence electrons. The van der Waals surface area contributed by atoms with E-state index in [9.17, 15) is 0 Å². The molecule has 0 aliphatic carbocycles. The molecule has 1 aliphatic heterocycles. The number of aromatic nitrogens is 2. The summed E-state index contributed by atoms with van der Waals surface area (Å²) in [5.74, 6) is 1.27. The molecule has 4 nitrogen and oxygen atoms in total. The summed E-state index contributed by atoms with van der Waals surface area (Å²) >= 11 is 5.14. The average molecular weight is 284 g/mol. The molecule has 0 saturated heterocycles. The number of rotatable bonds is 2. The maximum atomic E-state index is 5.14. The van der Waals surface area contributed by atoms with E-state index in [0.29, 0.717) is 5.92 Å². The molecule has 1 aromatic carbocycles. The van der Waals surface area contributed by atoms with Crippen molar-refractivity contribution in [1.29, 1.82) is 0 Å². The number of imidazole rings is 1. The van der Waals surface area contributed by atoms with Gasteiger partial charge in [-0.2, -0.15) is 5.10 Å². The first-order chi connectivity index (χ1) is 9.63. The highest BCUT2D eigenvalue weighted by molar-refractivity contribution is 7.80. The average Bonchev–Trinajstić information content (AvgIpc) is 2.86. The highest BCUT2D eigenvalue weighted by Gasteiger charge is 2.19. The Morgan fingerprint density at radius 1 is 1.20 bits per heavy atom. The van der Waals surface area contributed by atoms with Gasteiger partial charge in [-0.15, -0.1) is 0 Å². The van der Waals surface area contributed by atoms with Crippen molar-refractivity contribution in [3.8, 4) is 11.3 Å². The smallest absolute Gasteiger partial charge is 0.103 e. The number of aromatic amines is 1. The second-order valence-corrected chi connectivity index (χ2v) is 5.59. The predicted octanol–water partition coefficient (Wildman–Crippen LogP) is 3.05. The summed E-state index contributed by atoms with van der Waals surface area (Å²) in [6.45, 7) is 4.10. The number of hydrogen-bond donors (Lipinski definition) is 2. The number of thiocarbonyl (C=S) groups is 1. The summed E-state index contributed by atoms with van der Waals surface area (Å²) in [4.78, 5) is 8.27. The normalized spacial score (nSPS) is 18.6. The molecule has 2 heterocycles. The summed E-state index contributed by atoms with van der Waals surface area (Å²) < 4.78 is 0. The van der Waals surface area contributed by atoms with Gasteiger partial charge in [0.1, 0.15) is 5.82 Å². The number of aryl methyl sites for hydroxylation is 1. The van der Waals surface area contributed by atoms with Crippen LogP contribution in [0.2, 0.25) is 0 Å². The Balaban J connectivity index is 1.88. The first-order valence-electron chi connectivity index (χ1n) is 6.62. The topological polar surface area (TPSA) is 53.1 Å². The van der Waals surface area contributed by atoms with Gasteiger partial charge >= 0.3 is 0 Å². The Morgan fingerprint density at radius 2 is 1.90 bits per heavy atom. The van der Waals surface area contributed by atoms with Crippen molar-refractivity contribution in [2.75, 3.05) is 0 Å². The van der Waals surface area contributed by atoms with Gasteiger partial charge in [0.25, 0.3) is 0 Å². The van der Waals surface area contributed by atoms with Crippen LogP contribution < -0.4 is 5.43 Å². The van der Waals surface area contributed by atoms with Gasteiger partial charge in [0.15, 0.2) is 0 Å². The van der Waals surface area contributed by atoms with Gasteiger partial charge in [0.05, 0.1) is 22.6 Å². The standard InChI is InChI=1S/C15H16N4S/c1-9-7-14(20)18-19-15(9)12-5-3-11(4-6-12)13-8-16-10(2)17-13/h3-6,8-9H,7H2,1-2H3,(H,16,17)(H,18,20). The van der Waals surface area contributed by atoms with E-state index >= 15 is 0 Å². The monoisotopic (exact) mass is 284 g/mol. The van der Waals surface area contributed by atoms with Crippen molar-refractivity contribution in [3.05, 3.63) is 41.9 Å². The summed E-state index contributed by atoms with van der Waals surface area (Å²) in [7, 11) is 0. The minimum absolute atomic E-state index is 0.351. The van der Waals surface area contributed by atoms with Gasteiger partial charge in [-0.25, -0.2) is 4.98 Å². The van der Waals surface area contributed by atoms with E-state index in [-0.39, 0.29) is 0 Å². The van der Waals surface area contributed by atoms with Crippen molar-refractivity contribution >= 4 is 22.9 Å². The van der Waals surface area contributed by atoms with E-state index in [2.05, 4.69) is 51.7 Å². The fraction of sp³-hybridized carbons (Fsp3) is 0.267. The molecule has 0 amide bonds. The maximum absolute atomic E-state index is 5.14. The van der Waals surface area contributed by atoms with Crippen LogP contribution >= 0.6 is 12.2 Å². The number of nitrogens with one attached hydrogen (secondary N) is 2. The fourth-order valence-corrected chi connectivity index (χ4v) is 2.69. The number of hydrogen-bond acceptors (Lipinski definition) is 3. The van der Waals surface area contributed by atoms with Crippen molar-refractivity contribution in [2.45, 2.75) is 20.3 Å². The molecule has 0 saturated carbocycles. The fourth-order valence-electron chi connectivity index (χ4n) is 2.39. The Bertz CT molecular complexity index is 669. The summed E-state index contributed by atoms with van der Waals surface area (Å²) in [5.41, 5.74) is 7.27. The van der Waals surface area contributed by atoms with Crippen molar-refractivity contribution < 1.29 is 0 Å². The van der Waals surface area contributed by atoms with Gasteiger partial charge < -0.3 is 4.98 Å². The molecule has 0 spiro atoms. The van der Waals surface area contributed by atoms with Crippen LogP contribution in [0.1, 0.15) is 24.7 Å². The Morgan fingerprint density at radius 3 is 2.50 bits per heavy atom. The Kier molecular flexibility index (Phi) is 3.36. The van der Waals surface area contributed by atoms with E-state index in [1.807, 2.05) is 13.1 Å². The summed E-state index contributed by atoms with van der Waals surface area (Å²) in [6.07, 6.45) is 2.71. The van der Waals surface area contributed by atoms with Crippen LogP contribution in [0, 0.1) is 12.8 Å². The third kappa shape index (κ3) is 2.49. The number of nitrogens with zero attached hydrogens (tertiary/aromatic N) is 2. The van der Waals surface area contributed by atoms with Crippen LogP contribution in [0.4, 0.5) is 0 Å². The van der Waals surface area contributed by atoms with Crippen molar-refractivity contribution in [1.82, 2.24) is 15.4 Å². The lowest BCUT2D eigenvalue weighted by Gasteiger charge is -2.20. The lowest BCUT2D eigenvalue weighted by atomic mass is 9.94. The third-order valence-electron chi connectivity index (χ3n) is 3.45. The number of benzene rings is 1. The zero-order valence-corrected chi connectivity index (χ0v) is 12.3. The zero-order chi connectivity index (χ0) is 14.1. The van der Waals surface area contributed by atoms with Crippen LogP contribution in [-0.2, 0) is 0 Å². The molecule has 2 N–H and O–H groups in total. The highest BCUT2D eigenvalue weighted by Crippen LogP contribution is 2.21. The van der Waals surface area contributed by atoms with Gasteiger partial charge in [0, 0.05) is 12.3 Å². The van der Waals surface area contributed by atoms with E-state index in [4.69, 9.17) is 12.2 Å². The Hall–Kier alpha value is -2.01. The molecule has 0 radical (unpaired) electrons. The Labute approximate surface area is 123 Å². The molecule has 5 heteroatoms. The van der Waals surface area contributed by atoms with Gasteiger partial charge in [-0.3, -0.25) is 5.43 Å². The second kappa shape index (κ2) is 5.17. The largest absolute Gasteiger partial charge is 0.342 e. The van der Waals surface area contributed by atoms with E-state index < -0.39 is 0 Å². The second-order valence-electron chi connectivity index (χ2n) is 5.10. The molecule has 2 aromatic rings. The summed E-state index contributed by atoms with van der Waals surface area (Å²) in [5, 5.41) is 4.37. The van der Waals surface area contributed by atoms with Gasteiger partial charge in [-0.1, -0.05) is 43.4 Å². The zero-order valence-electron chi connectivity index (χ0n) is 11.5. The maximum Gasteiger partial charge on any atom is 0.103 e. The van der Waals surface area contributed by atoms with E-state index in [1.165, 1.54) is 0 Å². The van der Waals surface area contributed by atoms with Crippen LogP contribution in [0.3, 0.4) is 0 Å². The number of hydrazone groups is 1. The van der Waals surface area contributed by atoms with Crippen molar-refractivity contribution in [2.24, 2.45) is 11.0 Å². The molecule has 20 heavy (non-hydrogen) atoms.